The van der Waals surface area contributed by atoms with Gasteiger partial charge in [-0.05, 0) is 25.8 Å². The number of pyridine rings is 1. The summed E-state index contributed by atoms with van der Waals surface area (Å²) in [7, 11) is 0. The number of hydrogen-bond donors (Lipinski definition) is 0. The van der Waals surface area contributed by atoms with Crippen molar-refractivity contribution in [3.8, 4) is 0 Å². The fourth-order valence-corrected chi connectivity index (χ4v) is 1.65. The highest BCUT2D eigenvalue weighted by molar-refractivity contribution is 6.00. The summed E-state index contributed by atoms with van der Waals surface area (Å²) in [5.41, 5.74) is 2.48. The first-order valence-corrected chi connectivity index (χ1v) is 6.01. The summed E-state index contributed by atoms with van der Waals surface area (Å²) < 4.78 is 0. The van der Waals surface area contributed by atoms with Crippen molar-refractivity contribution in [2.75, 3.05) is 0 Å². The first-order valence-electron chi connectivity index (χ1n) is 6.01. The van der Waals surface area contributed by atoms with E-state index >= 15 is 0 Å². The number of carbonyl (C=O) groups is 1. The van der Waals surface area contributed by atoms with Crippen LogP contribution in [-0.4, -0.2) is 16.6 Å². The van der Waals surface area contributed by atoms with Crippen LogP contribution in [0.4, 0.5) is 0 Å². The molecule has 1 aromatic rings. The Kier molecular flexibility index (Phi) is 5.23. The topological polar surface area (TPSA) is 71.8 Å². The van der Waals surface area contributed by atoms with Gasteiger partial charge in [-0.1, -0.05) is 19.9 Å². The molecule has 0 fully saturated rings. The summed E-state index contributed by atoms with van der Waals surface area (Å²) in [6, 6.07) is 3.71. The molecule has 0 aliphatic carbocycles. The molecule has 1 heterocycles. The maximum atomic E-state index is 11.4. The highest BCUT2D eigenvalue weighted by Crippen LogP contribution is 2.19. The molecule has 0 aliphatic rings. The van der Waals surface area contributed by atoms with Gasteiger partial charge < -0.3 is 0 Å². The summed E-state index contributed by atoms with van der Waals surface area (Å²) in [6.07, 6.45) is 3.38. The van der Waals surface area contributed by atoms with Crippen LogP contribution in [0.15, 0.2) is 46.0 Å². The van der Waals surface area contributed by atoms with E-state index in [9.17, 15) is 9.70 Å². The Balaban J connectivity index is 3.23. The van der Waals surface area contributed by atoms with Crippen LogP contribution in [0.25, 0.3) is 0 Å². The van der Waals surface area contributed by atoms with E-state index < -0.39 is 5.91 Å². The molecular formula is C14H17N3O2. The molecule has 0 aromatic carbocycles. The average molecular weight is 259 g/mol. The molecule has 0 saturated heterocycles. The number of carbonyl (C=O) groups excluding carboxylic acids is 1. The highest BCUT2D eigenvalue weighted by atomic mass is 16.3. The van der Waals surface area contributed by atoms with Gasteiger partial charge in [0.25, 0.3) is 0 Å². The zero-order valence-electron chi connectivity index (χ0n) is 11.5. The predicted molar refractivity (Wildman–Crippen MR) is 74.8 cm³/mol. The number of nitroso groups, excluding NO2 is 1. The van der Waals surface area contributed by atoms with Crippen LogP contribution in [-0.2, 0) is 4.79 Å². The normalized spacial score (nSPS) is 13.2. The fourth-order valence-electron chi connectivity index (χ4n) is 1.65. The van der Waals surface area contributed by atoms with Crippen LogP contribution in [0.1, 0.15) is 33.3 Å². The summed E-state index contributed by atoms with van der Waals surface area (Å²) in [5.74, 6) is -0.747. The Bertz CT molecular complexity index is 531. The third-order valence-corrected chi connectivity index (χ3v) is 2.70. The van der Waals surface area contributed by atoms with E-state index in [0.717, 1.165) is 11.3 Å². The van der Waals surface area contributed by atoms with E-state index in [1.807, 2.05) is 32.9 Å². The fraction of sp³-hybridized carbons (Fsp3) is 0.357. The number of allylic oxidation sites excluding steroid dienone is 1. The van der Waals surface area contributed by atoms with Gasteiger partial charge in [0.2, 0.25) is 0 Å². The molecule has 100 valence electrons. The molecule has 0 bridgehead atoms. The minimum Gasteiger partial charge on any atom is -0.264 e. The van der Waals surface area contributed by atoms with Gasteiger partial charge in [0.1, 0.15) is 0 Å². The lowest BCUT2D eigenvalue weighted by atomic mass is 10.0. The van der Waals surface area contributed by atoms with Crippen molar-refractivity contribution in [1.82, 2.24) is 4.98 Å². The van der Waals surface area contributed by atoms with E-state index in [4.69, 9.17) is 0 Å². The van der Waals surface area contributed by atoms with Crippen LogP contribution in [0.5, 0.6) is 0 Å². The Labute approximate surface area is 112 Å². The van der Waals surface area contributed by atoms with Gasteiger partial charge in [-0.15, -0.1) is 4.91 Å². The number of aliphatic imine (C=N–C) groups is 1. The lowest BCUT2D eigenvalue weighted by Gasteiger charge is -2.10. The number of hydrogen-bond acceptors (Lipinski definition) is 4. The SMILES string of the molecule is C/C(=N\C(=C(/C)C(=O)N=O)C(C)C)c1cccnc1. The second-order valence-corrected chi connectivity index (χ2v) is 4.50. The van der Waals surface area contributed by atoms with Gasteiger partial charge in [0.05, 0.1) is 5.70 Å². The third kappa shape index (κ3) is 3.91. The molecule has 0 N–H and O–H groups in total. The smallest absolute Gasteiger partial charge is 0.264 e. The van der Waals surface area contributed by atoms with Crippen molar-refractivity contribution in [1.29, 1.82) is 0 Å². The third-order valence-electron chi connectivity index (χ3n) is 2.70. The molecule has 0 aliphatic heterocycles. The standard InChI is InChI=1S/C14H17N3O2/c1-9(2)13(10(3)14(18)17-19)16-11(4)12-6-5-7-15-8-12/h5-9H,1-4H3/b13-10+,16-11+. The Morgan fingerprint density at radius 1 is 1.32 bits per heavy atom. The van der Waals surface area contributed by atoms with Crippen LogP contribution < -0.4 is 0 Å². The minimum absolute atomic E-state index is 0.0253. The molecular weight excluding hydrogens is 242 g/mol. The van der Waals surface area contributed by atoms with Gasteiger partial charge in [-0.3, -0.25) is 14.8 Å². The summed E-state index contributed by atoms with van der Waals surface area (Å²) in [5, 5.41) is 2.44. The summed E-state index contributed by atoms with van der Waals surface area (Å²) >= 11 is 0. The number of amides is 1. The number of nitrogens with zero attached hydrogens (tertiary/aromatic N) is 3. The van der Waals surface area contributed by atoms with E-state index in [1.54, 1.807) is 19.3 Å². The first kappa shape index (κ1) is 14.9. The lowest BCUT2D eigenvalue weighted by molar-refractivity contribution is -0.114. The van der Waals surface area contributed by atoms with Crippen molar-refractivity contribution < 1.29 is 4.79 Å². The van der Waals surface area contributed by atoms with Crippen molar-refractivity contribution in [3.05, 3.63) is 46.3 Å². The maximum absolute atomic E-state index is 11.4. The van der Waals surface area contributed by atoms with Crippen molar-refractivity contribution >= 4 is 11.6 Å². The Hall–Kier alpha value is -2.17. The number of rotatable bonds is 4. The molecule has 1 rings (SSSR count). The second-order valence-electron chi connectivity index (χ2n) is 4.50. The van der Waals surface area contributed by atoms with Crippen LogP contribution in [0, 0.1) is 10.8 Å². The zero-order chi connectivity index (χ0) is 14.4. The van der Waals surface area contributed by atoms with Gasteiger partial charge in [0, 0.05) is 34.4 Å². The second kappa shape index (κ2) is 6.68. The van der Waals surface area contributed by atoms with Gasteiger partial charge in [0.15, 0.2) is 0 Å². The molecule has 0 atom stereocenters. The molecule has 1 aromatic heterocycles. The van der Waals surface area contributed by atoms with Gasteiger partial charge in [-0.25, -0.2) is 0 Å². The van der Waals surface area contributed by atoms with E-state index in [0.29, 0.717) is 5.70 Å². The van der Waals surface area contributed by atoms with Crippen molar-refractivity contribution in [3.63, 3.8) is 0 Å². The summed E-state index contributed by atoms with van der Waals surface area (Å²) in [6.45, 7) is 7.23. The molecule has 0 spiro atoms. The lowest BCUT2D eigenvalue weighted by Crippen LogP contribution is -2.06. The van der Waals surface area contributed by atoms with Crippen LogP contribution in [0.2, 0.25) is 0 Å². The maximum Gasteiger partial charge on any atom is 0.314 e. The monoisotopic (exact) mass is 259 g/mol. The van der Waals surface area contributed by atoms with E-state index in [1.165, 1.54) is 0 Å². The van der Waals surface area contributed by atoms with E-state index in [-0.39, 0.29) is 11.5 Å². The molecule has 1 amide bonds. The molecule has 0 unspecified atom stereocenters. The molecule has 0 saturated carbocycles. The summed E-state index contributed by atoms with van der Waals surface area (Å²) in [4.78, 5) is 30.2. The Morgan fingerprint density at radius 3 is 2.47 bits per heavy atom. The van der Waals surface area contributed by atoms with Gasteiger partial charge >= 0.3 is 5.91 Å². The van der Waals surface area contributed by atoms with Gasteiger partial charge in [-0.2, -0.15) is 0 Å². The molecule has 0 radical (unpaired) electrons. The molecule has 19 heavy (non-hydrogen) atoms. The quantitative estimate of drug-likeness (QED) is 0.474. The van der Waals surface area contributed by atoms with Crippen LogP contribution >= 0.6 is 0 Å². The highest BCUT2D eigenvalue weighted by Gasteiger charge is 2.14. The molecule has 5 heteroatoms. The van der Waals surface area contributed by atoms with Crippen LogP contribution in [0.3, 0.4) is 0 Å². The minimum atomic E-state index is -0.772. The predicted octanol–water partition coefficient (Wildman–Crippen LogP) is 3.11. The zero-order valence-corrected chi connectivity index (χ0v) is 11.5. The van der Waals surface area contributed by atoms with Crippen molar-refractivity contribution in [2.45, 2.75) is 27.7 Å². The average Bonchev–Trinajstić information content (AvgIpc) is 2.43. The first-order chi connectivity index (χ1) is 8.97. The number of aromatic nitrogens is 1. The van der Waals surface area contributed by atoms with E-state index in [2.05, 4.69) is 15.2 Å². The van der Waals surface area contributed by atoms with Crippen molar-refractivity contribution in [2.24, 2.45) is 16.1 Å². The Morgan fingerprint density at radius 2 is 2.00 bits per heavy atom. The molecule has 5 nitrogen and oxygen atoms in total. The largest absolute Gasteiger partial charge is 0.314 e.